The van der Waals surface area contributed by atoms with Gasteiger partial charge in [-0.25, -0.2) is 0 Å². The van der Waals surface area contributed by atoms with Crippen LogP contribution in [0, 0.1) is 6.92 Å². The lowest BCUT2D eigenvalue weighted by Gasteiger charge is -2.15. The van der Waals surface area contributed by atoms with Crippen molar-refractivity contribution in [1.29, 1.82) is 0 Å². The average molecular weight is 287 g/mol. The van der Waals surface area contributed by atoms with E-state index >= 15 is 0 Å². The molecule has 106 valence electrons. The van der Waals surface area contributed by atoms with E-state index in [1.54, 1.807) is 0 Å². The molecule has 0 saturated heterocycles. The first kappa shape index (κ1) is 13.7. The fraction of sp³-hybridized carbons (Fsp3) is 0.500. The largest absolute Gasteiger partial charge is 0.365 e. The summed E-state index contributed by atoms with van der Waals surface area (Å²) in [7, 11) is 0. The van der Waals surface area contributed by atoms with Gasteiger partial charge in [-0.2, -0.15) is 16.9 Å². The lowest BCUT2D eigenvalue weighted by atomic mass is 10.1. The number of fused-ring (bicyclic) bond motifs is 1. The molecule has 0 radical (unpaired) electrons. The van der Waals surface area contributed by atoms with Crippen LogP contribution >= 0.6 is 11.8 Å². The van der Waals surface area contributed by atoms with Crippen molar-refractivity contribution in [3.63, 3.8) is 0 Å². The molecular weight excluding hydrogens is 266 g/mol. The highest BCUT2D eigenvalue weighted by atomic mass is 32.2. The molecule has 3 nitrogen and oxygen atoms in total. The van der Waals surface area contributed by atoms with E-state index in [9.17, 15) is 0 Å². The van der Waals surface area contributed by atoms with Gasteiger partial charge < -0.3 is 5.32 Å². The maximum Gasteiger partial charge on any atom is 0.156 e. The molecule has 1 saturated carbocycles. The molecule has 2 aromatic rings. The van der Waals surface area contributed by atoms with Crippen molar-refractivity contribution in [2.45, 2.75) is 44.4 Å². The predicted molar refractivity (Wildman–Crippen MR) is 87.5 cm³/mol. The maximum atomic E-state index is 4.37. The van der Waals surface area contributed by atoms with Crippen LogP contribution in [-0.4, -0.2) is 27.2 Å². The Bertz CT molecular complexity index is 599. The molecule has 3 rings (SSSR count). The van der Waals surface area contributed by atoms with Gasteiger partial charge in [0.25, 0.3) is 0 Å². The number of nitrogens with one attached hydrogen (secondary N) is 1. The Hall–Kier alpha value is -1.29. The highest BCUT2D eigenvalue weighted by Gasteiger charge is 2.25. The van der Waals surface area contributed by atoms with Crippen LogP contribution in [0.25, 0.3) is 10.8 Å². The minimum Gasteiger partial charge on any atom is -0.365 e. The second kappa shape index (κ2) is 6.00. The van der Waals surface area contributed by atoms with E-state index in [4.69, 9.17) is 0 Å². The van der Waals surface area contributed by atoms with E-state index in [2.05, 4.69) is 58.5 Å². The lowest BCUT2D eigenvalue weighted by Crippen LogP contribution is -2.17. The van der Waals surface area contributed by atoms with Crippen LogP contribution in [0.15, 0.2) is 24.3 Å². The fourth-order valence-corrected chi connectivity index (χ4v) is 4.14. The summed E-state index contributed by atoms with van der Waals surface area (Å²) in [6.07, 6.45) is 3.79. The smallest absolute Gasteiger partial charge is 0.156 e. The minimum absolute atomic E-state index is 0.541. The van der Waals surface area contributed by atoms with E-state index in [-0.39, 0.29) is 0 Å². The van der Waals surface area contributed by atoms with E-state index < -0.39 is 0 Å². The minimum atomic E-state index is 0.541. The first-order chi connectivity index (χ1) is 9.78. The Morgan fingerprint density at radius 2 is 2.00 bits per heavy atom. The van der Waals surface area contributed by atoms with Crippen molar-refractivity contribution in [1.82, 2.24) is 10.2 Å². The zero-order chi connectivity index (χ0) is 13.9. The van der Waals surface area contributed by atoms with Crippen LogP contribution in [-0.2, 0) is 0 Å². The molecule has 0 aliphatic heterocycles. The third-order valence-electron chi connectivity index (χ3n) is 4.00. The Balaban J connectivity index is 1.80. The third-order valence-corrected chi connectivity index (χ3v) is 5.23. The number of rotatable bonds is 4. The second-order valence-electron chi connectivity index (χ2n) is 5.41. The number of anilines is 1. The molecule has 0 spiro atoms. The van der Waals surface area contributed by atoms with Gasteiger partial charge in [-0.3, -0.25) is 0 Å². The van der Waals surface area contributed by atoms with Gasteiger partial charge in [0.15, 0.2) is 5.82 Å². The van der Waals surface area contributed by atoms with Crippen molar-refractivity contribution in [3.8, 4) is 0 Å². The molecule has 1 fully saturated rings. The molecule has 1 aliphatic rings. The van der Waals surface area contributed by atoms with Gasteiger partial charge in [0.2, 0.25) is 0 Å². The monoisotopic (exact) mass is 287 g/mol. The molecule has 1 heterocycles. The normalized spacial score (nSPS) is 22.3. The number of aromatic nitrogens is 2. The number of hydrogen-bond acceptors (Lipinski definition) is 4. The predicted octanol–water partition coefficient (Wildman–Crippen LogP) is 4.02. The standard InChI is InChI=1S/C16H21N3S/c1-3-20-13-9-8-12(10-13)17-16-15-7-5-4-6-14(15)11(2)18-19-16/h4-7,12-13H,3,8-10H2,1-2H3,(H,17,19). The van der Waals surface area contributed by atoms with Crippen LogP contribution in [0.4, 0.5) is 5.82 Å². The van der Waals surface area contributed by atoms with E-state index in [1.165, 1.54) is 35.8 Å². The van der Waals surface area contributed by atoms with Crippen LogP contribution in [0.2, 0.25) is 0 Å². The van der Waals surface area contributed by atoms with Gasteiger partial charge in [0, 0.05) is 22.1 Å². The molecule has 2 atom stereocenters. The highest BCUT2D eigenvalue weighted by Crippen LogP contribution is 2.32. The molecule has 2 unspecified atom stereocenters. The summed E-state index contributed by atoms with van der Waals surface area (Å²) in [4.78, 5) is 0. The van der Waals surface area contributed by atoms with Crippen LogP contribution in [0.3, 0.4) is 0 Å². The summed E-state index contributed by atoms with van der Waals surface area (Å²) < 4.78 is 0. The van der Waals surface area contributed by atoms with E-state index in [1.807, 2.05) is 6.92 Å². The summed E-state index contributed by atoms with van der Waals surface area (Å²) in [5.74, 6) is 2.16. The summed E-state index contributed by atoms with van der Waals surface area (Å²) in [6, 6.07) is 8.92. The van der Waals surface area contributed by atoms with Gasteiger partial charge in [-0.15, -0.1) is 5.10 Å². The topological polar surface area (TPSA) is 37.8 Å². The molecular formula is C16H21N3S. The average Bonchev–Trinajstić information content (AvgIpc) is 2.90. The Morgan fingerprint density at radius 3 is 2.80 bits per heavy atom. The molecule has 1 aliphatic carbocycles. The third kappa shape index (κ3) is 2.75. The van der Waals surface area contributed by atoms with E-state index in [0.717, 1.165) is 16.8 Å². The number of hydrogen-bond donors (Lipinski definition) is 1. The first-order valence-electron chi connectivity index (χ1n) is 7.38. The summed E-state index contributed by atoms with van der Waals surface area (Å²) in [5.41, 5.74) is 0.997. The molecule has 4 heteroatoms. The summed E-state index contributed by atoms with van der Waals surface area (Å²) in [6.45, 7) is 4.26. The fourth-order valence-electron chi connectivity index (χ4n) is 3.00. The van der Waals surface area contributed by atoms with Crippen molar-refractivity contribution in [3.05, 3.63) is 30.0 Å². The van der Waals surface area contributed by atoms with Gasteiger partial charge in [0.1, 0.15) is 0 Å². The molecule has 0 amide bonds. The molecule has 0 bridgehead atoms. The van der Waals surface area contributed by atoms with Gasteiger partial charge in [-0.05, 0) is 31.9 Å². The van der Waals surface area contributed by atoms with Gasteiger partial charge in [0.05, 0.1) is 5.69 Å². The molecule has 1 N–H and O–H groups in total. The number of nitrogens with zero attached hydrogens (tertiary/aromatic N) is 2. The van der Waals surface area contributed by atoms with E-state index in [0.29, 0.717) is 6.04 Å². The van der Waals surface area contributed by atoms with Crippen LogP contribution in [0.1, 0.15) is 31.9 Å². The number of thioether (sulfide) groups is 1. The first-order valence-corrected chi connectivity index (χ1v) is 8.43. The van der Waals surface area contributed by atoms with Crippen molar-refractivity contribution in [2.24, 2.45) is 0 Å². The Morgan fingerprint density at radius 1 is 1.20 bits per heavy atom. The Labute approximate surface area is 124 Å². The van der Waals surface area contributed by atoms with Crippen molar-refractivity contribution >= 4 is 28.4 Å². The zero-order valence-electron chi connectivity index (χ0n) is 12.1. The summed E-state index contributed by atoms with van der Waals surface area (Å²) in [5, 5.41) is 15.5. The number of benzene rings is 1. The molecule has 1 aromatic carbocycles. The number of aryl methyl sites for hydroxylation is 1. The van der Waals surface area contributed by atoms with Crippen molar-refractivity contribution < 1.29 is 0 Å². The molecule has 1 aromatic heterocycles. The highest BCUT2D eigenvalue weighted by molar-refractivity contribution is 7.99. The quantitative estimate of drug-likeness (QED) is 0.921. The Kier molecular flexibility index (Phi) is 4.10. The lowest BCUT2D eigenvalue weighted by molar-refractivity contribution is 0.749. The van der Waals surface area contributed by atoms with Gasteiger partial charge >= 0.3 is 0 Å². The zero-order valence-corrected chi connectivity index (χ0v) is 12.9. The summed E-state index contributed by atoms with van der Waals surface area (Å²) >= 11 is 2.08. The molecule has 20 heavy (non-hydrogen) atoms. The van der Waals surface area contributed by atoms with Crippen molar-refractivity contribution in [2.75, 3.05) is 11.1 Å². The van der Waals surface area contributed by atoms with Crippen LogP contribution in [0.5, 0.6) is 0 Å². The SMILES string of the molecule is CCSC1CCC(Nc2nnc(C)c3ccccc23)C1. The maximum absolute atomic E-state index is 4.37. The van der Waals surface area contributed by atoms with Gasteiger partial charge in [-0.1, -0.05) is 31.2 Å². The van der Waals surface area contributed by atoms with Crippen LogP contribution < -0.4 is 5.32 Å². The second-order valence-corrected chi connectivity index (χ2v) is 6.99.